The van der Waals surface area contributed by atoms with Crippen LogP contribution >= 0.6 is 0 Å². The first kappa shape index (κ1) is 15.0. The van der Waals surface area contributed by atoms with Gasteiger partial charge in [-0.1, -0.05) is 30.3 Å². The number of methoxy groups -OCH3 is 1. The summed E-state index contributed by atoms with van der Waals surface area (Å²) in [4.78, 5) is 22.4. The molecule has 0 bridgehead atoms. The number of amides is 1. The van der Waals surface area contributed by atoms with Gasteiger partial charge in [-0.25, -0.2) is 4.79 Å². The van der Waals surface area contributed by atoms with Crippen molar-refractivity contribution in [1.82, 2.24) is 5.32 Å². The molecule has 5 nitrogen and oxygen atoms in total. The van der Waals surface area contributed by atoms with Gasteiger partial charge in [0.1, 0.15) is 6.61 Å². The highest BCUT2D eigenvalue weighted by Crippen LogP contribution is 2.02. The van der Waals surface area contributed by atoms with Crippen molar-refractivity contribution in [2.24, 2.45) is 0 Å². The molecule has 5 heteroatoms. The molecule has 1 aromatic rings. The van der Waals surface area contributed by atoms with Crippen LogP contribution in [-0.2, 0) is 20.9 Å². The fraction of sp³-hybridized carbons (Fsp3) is 0.429. The van der Waals surface area contributed by atoms with Crippen LogP contribution < -0.4 is 5.32 Å². The molecule has 1 N–H and O–H groups in total. The Morgan fingerprint density at radius 3 is 2.58 bits per heavy atom. The minimum Gasteiger partial charge on any atom is -0.469 e. The molecule has 0 aromatic heterocycles. The largest absolute Gasteiger partial charge is 0.469 e. The minimum atomic E-state index is -0.485. The summed E-state index contributed by atoms with van der Waals surface area (Å²) in [6, 6.07) is 9.30. The quantitative estimate of drug-likeness (QED) is 0.801. The maximum atomic E-state index is 11.5. The zero-order valence-electron chi connectivity index (χ0n) is 11.2. The number of carbonyl (C=O) groups excluding carboxylic acids is 2. The van der Waals surface area contributed by atoms with E-state index >= 15 is 0 Å². The van der Waals surface area contributed by atoms with Crippen LogP contribution in [0.4, 0.5) is 4.79 Å². The number of carbonyl (C=O) groups is 2. The summed E-state index contributed by atoms with van der Waals surface area (Å²) in [5.74, 6) is -0.286. The molecule has 1 rings (SSSR count). The Morgan fingerprint density at radius 1 is 1.26 bits per heavy atom. The molecule has 104 valence electrons. The van der Waals surface area contributed by atoms with Gasteiger partial charge in [0.05, 0.1) is 7.11 Å². The first-order chi connectivity index (χ1) is 9.11. The van der Waals surface area contributed by atoms with Crippen molar-refractivity contribution in [3.05, 3.63) is 35.9 Å². The lowest BCUT2D eigenvalue weighted by molar-refractivity contribution is -0.140. The Kier molecular flexibility index (Phi) is 6.43. The van der Waals surface area contributed by atoms with Crippen LogP contribution in [0, 0.1) is 0 Å². The van der Waals surface area contributed by atoms with E-state index in [1.165, 1.54) is 7.11 Å². The van der Waals surface area contributed by atoms with Crippen molar-refractivity contribution in [3.63, 3.8) is 0 Å². The second-order valence-corrected chi connectivity index (χ2v) is 4.22. The predicted octanol–water partition coefficient (Wildman–Crippen LogP) is 2.25. The van der Waals surface area contributed by atoms with Crippen LogP contribution in [0.2, 0.25) is 0 Å². The average molecular weight is 265 g/mol. The van der Waals surface area contributed by atoms with E-state index in [4.69, 9.17) is 4.74 Å². The molecule has 0 saturated carbocycles. The van der Waals surface area contributed by atoms with E-state index in [1.54, 1.807) is 0 Å². The van der Waals surface area contributed by atoms with E-state index in [1.807, 2.05) is 37.3 Å². The van der Waals surface area contributed by atoms with Gasteiger partial charge < -0.3 is 14.8 Å². The van der Waals surface area contributed by atoms with Gasteiger partial charge in [0.2, 0.25) is 0 Å². The molecule has 1 atom stereocenters. The maximum absolute atomic E-state index is 11.5. The van der Waals surface area contributed by atoms with Crippen molar-refractivity contribution in [2.45, 2.75) is 32.4 Å². The molecule has 0 spiro atoms. The molecule has 0 heterocycles. The molecule has 0 aliphatic heterocycles. The van der Waals surface area contributed by atoms with Gasteiger partial charge in [0, 0.05) is 12.5 Å². The SMILES string of the molecule is COC(=O)CCC(C)NC(=O)OCc1ccccc1. The Labute approximate surface area is 112 Å². The topological polar surface area (TPSA) is 64.6 Å². The molecule has 0 aliphatic rings. The number of ether oxygens (including phenoxy) is 2. The lowest BCUT2D eigenvalue weighted by atomic mass is 10.2. The fourth-order valence-corrected chi connectivity index (χ4v) is 1.47. The van der Waals surface area contributed by atoms with Gasteiger partial charge in [0.15, 0.2) is 0 Å². The molecule has 0 aliphatic carbocycles. The second kappa shape index (κ2) is 8.13. The standard InChI is InChI=1S/C14H19NO4/c1-11(8-9-13(16)18-2)15-14(17)19-10-12-6-4-3-5-7-12/h3-7,11H,8-10H2,1-2H3,(H,15,17). The summed E-state index contributed by atoms with van der Waals surface area (Å²) in [5.41, 5.74) is 0.930. The molecular weight excluding hydrogens is 246 g/mol. The molecule has 0 saturated heterocycles. The van der Waals surface area contributed by atoms with Crippen LogP contribution in [-0.4, -0.2) is 25.2 Å². The Hall–Kier alpha value is -2.04. The second-order valence-electron chi connectivity index (χ2n) is 4.22. The third-order valence-corrected chi connectivity index (χ3v) is 2.59. The lowest BCUT2D eigenvalue weighted by Crippen LogP contribution is -2.33. The highest BCUT2D eigenvalue weighted by atomic mass is 16.5. The van der Waals surface area contributed by atoms with Crippen molar-refractivity contribution in [3.8, 4) is 0 Å². The van der Waals surface area contributed by atoms with Gasteiger partial charge in [-0.05, 0) is 18.9 Å². The first-order valence-corrected chi connectivity index (χ1v) is 6.16. The summed E-state index contributed by atoms with van der Waals surface area (Å²) in [6.45, 7) is 2.04. The molecule has 1 aromatic carbocycles. The van der Waals surface area contributed by atoms with Crippen LogP contribution in [0.15, 0.2) is 30.3 Å². The van der Waals surface area contributed by atoms with Gasteiger partial charge in [-0.15, -0.1) is 0 Å². The molecule has 0 radical (unpaired) electrons. The number of hydrogen-bond acceptors (Lipinski definition) is 4. The average Bonchev–Trinajstić information content (AvgIpc) is 2.43. The fourth-order valence-electron chi connectivity index (χ4n) is 1.47. The highest BCUT2D eigenvalue weighted by molar-refractivity contribution is 5.70. The molecule has 1 unspecified atom stereocenters. The molecular formula is C14H19NO4. The molecule has 19 heavy (non-hydrogen) atoms. The van der Waals surface area contributed by atoms with Crippen LogP contribution in [0.3, 0.4) is 0 Å². The number of rotatable bonds is 6. The molecule has 0 fully saturated rings. The Balaban J connectivity index is 2.21. The van der Waals surface area contributed by atoms with E-state index in [9.17, 15) is 9.59 Å². The smallest absolute Gasteiger partial charge is 0.407 e. The van der Waals surface area contributed by atoms with Crippen molar-refractivity contribution in [1.29, 1.82) is 0 Å². The van der Waals surface area contributed by atoms with Crippen LogP contribution in [0.1, 0.15) is 25.3 Å². The normalized spacial score (nSPS) is 11.5. The Morgan fingerprint density at radius 2 is 1.95 bits per heavy atom. The van der Waals surface area contributed by atoms with Crippen molar-refractivity contribution >= 4 is 12.1 Å². The monoisotopic (exact) mass is 265 g/mol. The van der Waals surface area contributed by atoms with E-state index in [-0.39, 0.29) is 25.0 Å². The van der Waals surface area contributed by atoms with E-state index in [0.29, 0.717) is 6.42 Å². The lowest BCUT2D eigenvalue weighted by Gasteiger charge is -2.13. The summed E-state index contributed by atoms with van der Waals surface area (Å²) < 4.78 is 9.59. The molecule has 1 amide bonds. The number of nitrogens with one attached hydrogen (secondary N) is 1. The zero-order valence-corrected chi connectivity index (χ0v) is 11.2. The van der Waals surface area contributed by atoms with Crippen molar-refractivity contribution in [2.75, 3.05) is 7.11 Å². The van der Waals surface area contributed by atoms with E-state index in [0.717, 1.165) is 5.56 Å². The zero-order chi connectivity index (χ0) is 14.1. The van der Waals surface area contributed by atoms with Gasteiger partial charge in [-0.3, -0.25) is 4.79 Å². The first-order valence-electron chi connectivity index (χ1n) is 6.16. The Bertz CT molecular complexity index is 405. The number of alkyl carbamates (subject to hydrolysis) is 1. The number of benzene rings is 1. The number of hydrogen-bond donors (Lipinski definition) is 1. The van der Waals surface area contributed by atoms with Gasteiger partial charge in [-0.2, -0.15) is 0 Å². The van der Waals surface area contributed by atoms with Gasteiger partial charge in [0.25, 0.3) is 0 Å². The van der Waals surface area contributed by atoms with Crippen molar-refractivity contribution < 1.29 is 19.1 Å². The predicted molar refractivity (Wildman–Crippen MR) is 70.5 cm³/mol. The number of esters is 1. The summed E-state index contributed by atoms with van der Waals surface area (Å²) in [7, 11) is 1.34. The minimum absolute atomic E-state index is 0.137. The van der Waals surface area contributed by atoms with E-state index in [2.05, 4.69) is 10.1 Å². The summed E-state index contributed by atoms with van der Waals surface area (Å²) in [6.07, 6.45) is 0.310. The third-order valence-electron chi connectivity index (χ3n) is 2.59. The van der Waals surface area contributed by atoms with Crippen LogP contribution in [0.25, 0.3) is 0 Å². The van der Waals surface area contributed by atoms with E-state index < -0.39 is 6.09 Å². The van der Waals surface area contributed by atoms with Gasteiger partial charge >= 0.3 is 12.1 Å². The van der Waals surface area contributed by atoms with Crippen LogP contribution in [0.5, 0.6) is 0 Å². The summed E-state index contributed by atoms with van der Waals surface area (Å²) >= 11 is 0. The highest BCUT2D eigenvalue weighted by Gasteiger charge is 2.10. The summed E-state index contributed by atoms with van der Waals surface area (Å²) in [5, 5.41) is 2.66. The maximum Gasteiger partial charge on any atom is 0.407 e. The third kappa shape index (κ3) is 6.45.